The van der Waals surface area contributed by atoms with Crippen LogP contribution in [0.25, 0.3) is 0 Å². The summed E-state index contributed by atoms with van der Waals surface area (Å²) >= 11 is 17.6. The van der Waals surface area contributed by atoms with Crippen molar-refractivity contribution in [2.24, 2.45) is 0 Å². The second kappa shape index (κ2) is 8.53. The summed E-state index contributed by atoms with van der Waals surface area (Å²) in [6.07, 6.45) is 0. The molecular formula is C19H18Cl2N2O4S. The van der Waals surface area contributed by atoms with E-state index in [4.69, 9.17) is 44.9 Å². The first-order valence-electron chi connectivity index (χ1n) is 8.38. The quantitative estimate of drug-likeness (QED) is 0.554. The molecule has 1 aliphatic heterocycles. The lowest BCUT2D eigenvalue weighted by molar-refractivity contribution is 0.0478. The summed E-state index contributed by atoms with van der Waals surface area (Å²) in [5, 5.41) is 11.3. The normalized spacial score (nSPS) is 13.3. The van der Waals surface area contributed by atoms with E-state index in [1.54, 1.807) is 23.1 Å². The molecule has 0 spiro atoms. The molecular weight excluding hydrogens is 423 g/mol. The minimum Gasteiger partial charge on any atom is -0.507 e. The number of benzene rings is 2. The zero-order valence-corrected chi connectivity index (χ0v) is 17.6. The van der Waals surface area contributed by atoms with Gasteiger partial charge in [-0.05, 0) is 50.6 Å². The maximum Gasteiger partial charge on any atom is 0.341 e. The number of hydrogen-bond acceptors (Lipinski definition) is 6. The zero-order chi connectivity index (χ0) is 20.4. The molecule has 148 valence electrons. The first-order chi connectivity index (χ1) is 13.3. The molecule has 2 aromatic rings. The second-order valence-corrected chi connectivity index (χ2v) is 7.66. The number of ether oxygens (including phenoxy) is 2. The number of phenolic OH excluding ortho intramolecular Hbond substituents is 1. The van der Waals surface area contributed by atoms with Crippen molar-refractivity contribution in [3.8, 4) is 11.5 Å². The van der Waals surface area contributed by atoms with Crippen LogP contribution in [0.5, 0.6) is 11.5 Å². The summed E-state index contributed by atoms with van der Waals surface area (Å²) in [5.74, 6) is -0.324. The molecule has 1 N–H and O–H groups in total. The lowest BCUT2D eigenvalue weighted by Crippen LogP contribution is -2.36. The first kappa shape index (κ1) is 20.7. The number of likely N-dealkylation sites (N-methyl/N-ethyl adjacent to an activating group) is 1. The van der Waals surface area contributed by atoms with Crippen molar-refractivity contribution in [1.29, 1.82) is 0 Å². The molecule has 0 saturated carbocycles. The van der Waals surface area contributed by atoms with Crippen molar-refractivity contribution in [1.82, 2.24) is 4.90 Å². The number of nitrogens with zero attached hydrogens (tertiary/aromatic N) is 2. The Kier molecular flexibility index (Phi) is 6.30. The molecule has 2 aromatic carbocycles. The Morgan fingerprint density at radius 3 is 2.75 bits per heavy atom. The molecule has 6 nitrogen and oxygen atoms in total. The van der Waals surface area contributed by atoms with Crippen molar-refractivity contribution in [2.75, 3.05) is 32.1 Å². The molecule has 3 rings (SSSR count). The summed E-state index contributed by atoms with van der Waals surface area (Å²) in [5.41, 5.74) is 1.41. The van der Waals surface area contributed by atoms with E-state index in [0.717, 1.165) is 5.56 Å². The van der Waals surface area contributed by atoms with E-state index < -0.39 is 5.97 Å². The summed E-state index contributed by atoms with van der Waals surface area (Å²) in [4.78, 5) is 15.7. The van der Waals surface area contributed by atoms with Gasteiger partial charge in [0.05, 0.1) is 11.6 Å². The summed E-state index contributed by atoms with van der Waals surface area (Å²) in [7, 11) is 3.75. The predicted molar refractivity (Wildman–Crippen MR) is 113 cm³/mol. The molecule has 0 fully saturated rings. The van der Waals surface area contributed by atoms with Gasteiger partial charge in [0, 0.05) is 28.9 Å². The maximum absolute atomic E-state index is 12.1. The van der Waals surface area contributed by atoms with E-state index in [0.29, 0.717) is 34.6 Å². The number of fused-ring (bicyclic) bond motifs is 1. The first-order valence-corrected chi connectivity index (χ1v) is 9.55. The number of rotatable bonds is 5. The van der Waals surface area contributed by atoms with E-state index >= 15 is 0 Å². The number of esters is 1. The Hall–Kier alpha value is -2.06. The highest BCUT2D eigenvalue weighted by Crippen LogP contribution is 2.38. The minimum atomic E-state index is -0.590. The van der Waals surface area contributed by atoms with Crippen LogP contribution in [0, 0.1) is 0 Å². The second-order valence-electron chi connectivity index (χ2n) is 6.47. The van der Waals surface area contributed by atoms with Crippen LogP contribution in [0.4, 0.5) is 5.69 Å². The maximum atomic E-state index is 12.1. The average molecular weight is 441 g/mol. The SMILES string of the molecule is CN(C)CCOC(=O)c1ccc(N2Cc3cc(Cl)cc(Cl)c3OC2=S)cc1O. The summed E-state index contributed by atoms with van der Waals surface area (Å²) in [6, 6.07) is 7.92. The predicted octanol–water partition coefficient (Wildman–Crippen LogP) is 4.10. The molecule has 1 aliphatic rings. The van der Waals surface area contributed by atoms with Crippen molar-refractivity contribution in [3.63, 3.8) is 0 Å². The zero-order valence-electron chi connectivity index (χ0n) is 15.2. The van der Waals surface area contributed by atoms with Crippen LogP contribution in [0.1, 0.15) is 15.9 Å². The molecule has 0 amide bonds. The van der Waals surface area contributed by atoms with E-state index in [1.165, 1.54) is 12.1 Å². The molecule has 9 heteroatoms. The van der Waals surface area contributed by atoms with Gasteiger partial charge >= 0.3 is 5.97 Å². The summed E-state index contributed by atoms with van der Waals surface area (Å²) in [6.45, 7) is 1.18. The van der Waals surface area contributed by atoms with Crippen LogP contribution in [-0.2, 0) is 11.3 Å². The third kappa shape index (κ3) is 4.50. The van der Waals surface area contributed by atoms with Gasteiger partial charge in [-0.15, -0.1) is 0 Å². The third-order valence-electron chi connectivity index (χ3n) is 4.11. The highest BCUT2D eigenvalue weighted by Gasteiger charge is 2.26. The number of carbonyl (C=O) groups is 1. The Balaban J connectivity index is 1.80. The van der Waals surface area contributed by atoms with E-state index in [-0.39, 0.29) is 23.1 Å². The highest BCUT2D eigenvalue weighted by atomic mass is 35.5. The highest BCUT2D eigenvalue weighted by molar-refractivity contribution is 7.80. The van der Waals surface area contributed by atoms with Gasteiger partial charge in [-0.1, -0.05) is 23.2 Å². The van der Waals surface area contributed by atoms with Gasteiger partial charge in [0.1, 0.15) is 17.9 Å². The molecule has 0 saturated heterocycles. The van der Waals surface area contributed by atoms with Crippen molar-refractivity contribution < 1.29 is 19.4 Å². The number of aromatic hydroxyl groups is 1. The number of hydrogen-bond donors (Lipinski definition) is 1. The molecule has 1 heterocycles. The molecule has 0 aromatic heterocycles. The topological polar surface area (TPSA) is 62.2 Å². The standard InChI is InChI=1S/C19H18Cl2N2O4S/c1-22(2)5-6-26-18(25)14-4-3-13(9-16(14)24)23-10-11-7-12(20)8-15(21)17(11)27-19(23)28/h3-4,7-9,24H,5-6,10H2,1-2H3. The Labute approximate surface area is 178 Å². The van der Waals surface area contributed by atoms with Gasteiger partial charge in [0.2, 0.25) is 0 Å². The number of thiocarbonyl (C=S) groups is 1. The molecule has 0 bridgehead atoms. The average Bonchev–Trinajstić information content (AvgIpc) is 2.61. The number of halogens is 2. The van der Waals surface area contributed by atoms with E-state index in [1.807, 2.05) is 19.0 Å². The smallest absolute Gasteiger partial charge is 0.341 e. The monoisotopic (exact) mass is 440 g/mol. The Morgan fingerprint density at radius 2 is 2.07 bits per heavy atom. The fourth-order valence-electron chi connectivity index (χ4n) is 2.68. The van der Waals surface area contributed by atoms with Gasteiger partial charge in [-0.25, -0.2) is 4.79 Å². The van der Waals surface area contributed by atoms with Gasteiger partial charge in [-0.2, -0.15) is 0 Å². The Bertz CT molecular complexity index is 936. The number of carbonyl (C=O) groups excluding carboxylic acids is 1. The minimum absolute atomic E-state index is 0.0813. The molecule has 28 heavy (non-hydrogen) atoms. The van der Waals surface area contributed by atoms with Crippen molar-refractivity contribution in [2.45, 2.75) is 6.54 Å². The number of anilines is 1. The van der Waals surface area contributed by atoms with Gasteiger partial charge in [0.15, 0.2) is 5.75 Å². The molecule has 0 unspecified atom stereocenters. The largest absolute Gasteiger partial charge is 0.507 e. The Morgan fingerprint density at radius 1 is 1.32 bits per heavy atom. The van der Waals surface area contributed by atoms with Gasteiger partial charge in [-0.3, -0.25) is 4.90 Å². The van der Waals surface area contributed by atoms with Gasteiger partial charge < -0.3 is 19.5 Å². The van der Waals surface area contributed by atoms with E-state index in [2.05, 4.69) is 0 Å². The van der Waals surface area contributed by atoms with Crippen LogP contribution in [0.3, 0.4) is 0 Å². The fourth-order valence-corrected chi connectivity index (χ4v) is 3.51. The summed E-state index contributed by atoms with van der Waals surface area (Å²) < 4.78 is 10.8. The van der Waals surface area contributed by atoms with Crippen LogP contribution in [0.2, 0.25) is 10.0 Å². The van der Waals surface area contributed by atoms with E-state index in [9.17, 15) is 9.90 Å². The van der Waals surface area contributed by atoms with Crippen LogP contribution >= 0.6 is 35.4 Å². The molecule has 0 atom stereocenters. The van der Waals surface area contributed by atoms with Crippen LogP contribution in [0.15, 0.2) is 30.3 Å². The fraction of sp³-hybridized carbons (Fsp3) is 0.263. The van der Waals surface area contributed by atoms with Gasteiger partial charge in [0.25, 0.3) is 5.17 Å². The van der Waals surface area contributed by atoms with Crippen LogP contribution in [-0.4, -0.2) is 48.4 Å². The van der Waals surface area contributed by atoms with Crippen molar-refractivity contribution in [3.05, 3.63) is 51.5 Å². The molecule has 0 aliphatic carbocycles. The number of phenols is 1. The third-order valence-corrected chi connectivity index (χ3v) is 4.91. The molecule has 0 radical (unpaired) electrons. The lowest BCUT2D eigenvalue weighted by Gasteiger charge is -2.31. The van der Waals surface area contributed by atoms with Crippen molar-refractivity contribution >= 4 is 52.3 Å². The van der Waals surface area contributed by atoms with Crippen LogP contribution < -0.4 is 9.64 Å². The lowest BCUT2D eigenvalue weighted by atomic mass is 10.1.